The van der Waals surface area contributed by atoms with Gasteiger partial charge in [-0.2, -0.15) is 0 Å². The second-order valence-electron chi connectivity index (χ2n) is 4.80. The molecule has 1 aliphatic rings. The number of ether oxygens (including phenoxy) is 1. The molecule has 0 amide bonds. The van der Waals surface area contributed by atoms with Gasteiger partial charge in [-0.15, -0.1) is 0 Å². The van der Waals surface area contributed by atoms with E-state index < -0.39 is 12.1 Å². The third-order valence-corrected chi connectivity index (χ3v) is 3.54. The number of benzene rings is 1. The molecule has 1 aromatic carbocycles. The van der Waals surface area contributed by atoms with Gasteiger partial charge in [0.1, 0.15) is 6.10 Å². The first-order valence-electron chi connectivity index (χ1n) is 6.68. The Hall–Kier alpha value is -1.35. The first-order valence-corrected chi connectivity index (χ1v) is 6.68. The Labute approximate surface area is 108 Å². The van der Waals surface area contributed by atoms with Gasteiger partial charge in [0.25, 0.3) is 0 Å². The van der Waals surface area contributed by atoms with Gasteiger partial charge in [-0.25, -0.2) is 4.79 Å². The summed E-state index contributed by atoms with van der Waals surface area (Å²) in [7, 11) is 0. The first kappa shape index (κ1) is 13.1. The Balaban J connectivity index is 2.05. The molecule has 2 rings (SSSR count). The van der Waals surface area contributed by atoms with Crippen molar-refractivity contribution in [2.24, 2.45) is 0 Å². The highest BCUT2D eigenvalue weighted by Gasteiger charge is 2.26. The predicted molar refractivity (Wildman–Crippen MR) is 69.1 cm³/mol. The molecule has 3 heteroatoms. The van der Waals surface area contributed by atoms with Crippen molar-refractivity contribution < 1.29 is 14.6 Å². The van der Waals surface area contributed by atoms with Gasteiger partial charge < -0.3 is 9.84 Å². The van der Waals surface area contributed by atoms with Crippen LogP contribution in [0.25, 0.3) is 0 Å². The van der Waals surface area contributed by atoms with Crippen LogP contribution in [0.1, 0.15) is 49.8 Å². The lowest BCUT2D eigenvalue weighted by molar-refractivity contribution is -0.159. The highest BCUT2D eigenvalue weighted by Crippen LogP contribution is 2.25. The molecule has 1 fully saturated rings. The average Bonchev–Trinajstić information content (AvgIpc) is 2.90. The average molecular weight is 248 g/mol. The van der Waals surface area contributed by atoms with E-state index in [1.807, 2.05) is 25.1 Å². The van der Waals surface area contributed by atoms with Crippen molar-refractivity contribution in [2.75, 3.05) is 0 Å². The van der Waals surface area contributed by atoms with Crippen molar-refractivity contribution in [1.29, 1.82) is 0 Å². The van der Waals surface area contributed by atoms with E-state index in [-0.39, 0.29) is 6.10 Å². The van der Waals surface area contributed by atoms with E-state index >= 15 is 0 Å². The molecule has 1 aliphatic carbocycles. The van der Waals surface area contributed by atoms with Crippen LogP contribution in [-0.4, -0.2) is 17.2 Å². The Bertz CT molecular complexity index is 408. The van der Waals surface area contributed by atoms with Crippen LogP contribution in [0.5, 0.6) is 0 Å². The van der Waals surface area contributed by atoms with E-state index in [1.54, 1.807) is 6.07 Å². The molecule has 3 nitrogen and oxygen atoms in total. The van der Waals surface area contributed by atoms with Crippen LogP contribution < -0.4 is 0 Å². The molecule has 1 aromatic rings. The van der Waals surface area contributed by atoms with Crippen molar-refractivity contribution in [3.63, 3.8) is 0 Å². The Morgan fingerprint density at radius 2 is 2.06 bits per heavy atom. The number of aliphatic hydroxyl groups is 1. The molecule has 0 aliphatic heterocycles. The fourth-order valence-corrected chi connectivity index (χ4v) is 2.48. The molecule has 98 valence electrons. The monoisotopic (exact) mass is 248 g/mol. The number of aliphatic hydroxyl groups excluding tert-OH is 1. The standard InChI is InChI=1S/C15H20O3/c1-2-11-7-3-6-10-13(11)14(16)15(17)18-12-8-4-5-9-12/h3,6-7,10,12,14,16H,2,4-5,8-9H2,1H3. The Morgan fingerprint density at radius 3 is 2.72 bits per heavy atom. The zero-order valence-electron chi connectivity index (χ0n) is 10.8. The lowest BCUT2D eigenvalue weighted by Gasteiger charge is -2.17. The zero-order valence-corrected chi connectivity index (χ0v) is 10.8. The summed E-state index contributed by atoms with van der Waals surface area (Å²) < 4.78 is 5.34. The molecule has 1 N–H and O–H groups in total. The zero-order chi connectivity index (χ0) is 13.0. The highest BCUT2D eigenvalue weighted by atomic mass is 16.6. The smallest absolute Gasteiger partial charge is 0.339 e. The molecule has 0 radical (unpaired) electrons. The van der Waals surface area contributed by atoms with Crippen LogP contribution in [0, 0.1) is 0 Å². The lowest BCUT2D eigenvalue weighted by Crippen LogP contribution is -2.22. The maximum Gasteiger partial charge on any atom is 0.339 e. The number of hydrogen-bond acceptors (Lipinski definition) is 3. The van der Waals surface area contributed by atoms with Crippen molar-refractivity contribution in [2.45, 2.75) is 51.2 Å². The fraction of sp³-hybridized carbons (Fsp3) is 0.533. The SMILES string of the molecule is CCc1ccccc1C(O)C(=O)OC1CCCC1. The molecule has 0 saturated heterocycles. The summed E-state index contributed by atoms with van der Waals surface area (Å²) in [4.78, 5) is 11.9. The van der Waals surface area contributed by atoms with Gasteiger partial charge in [-0.1, -0.05) is 31.2 Å². The summed E-state index contributed by atoms with van der Waals surface area (Å²) in [5.74, 6) is -0.511. The van der Waals surface area contributed by atoms with Crippen molar-refractivity contribution in [3.8, 4) is 0 Å². The molecule has 1 saturated carbocycles. The number of carbonyl (C=O) groups excluding carboxylic acids is 1. The molecule has 0 spiro atoms. The van der Waals surface area contributed by atoms with Gasteiger partial charge in [0.05, 0.1) is 0 Å². The van der Waals surface area contributed by atoms with E-state index in [2.05, 4.69) is 0 Å². The first-order chi connectivity index (χ1) is 8.72. The predicted octanol–water partition coefficient (Wildman–Crippen LogP) is 2.77. The number of esters is 1. The largest absolute Gasteiger partial charge is 0.460 e. The molecule has 0 bridgehead atoms. The number of hydrogen-bond donors (Lipinski definition) is 1. The van der Waals surface area contributed by atoms with Crippen molar-refractivity contribution >= 4 is 5.97 Å². The minimum atomic E-state index is -1.15. The maximum absolute atomic E-state index is 11.9. The third kappa shape index (κ3) is 2.91. The molecule has 1 atom stereocenters. The summed E-state index contributed by atoms with van der Waals surface area (Å²) in [6, 6.07) is 7.47. The summed E-state index contributed by atoms with van der Waals surface area (Å²) in [5.41, 5.74) is 1.66. The van der Waals surface area contributed by atoms with Gasteiger partial charge in [-0.05, 0) is 43.2 Å². The van der Waals surface area contributed by atoms with E-state index in [4.69, 9.17) is 4.74 Å². The van der Waals surface area contributed by atoms with Gasteiger partial charge in [-0.3, -0.25) is 0 Å². The quantitative estimate of drug-likeness (QED) is 0.833. The molecule has 18 heavy (non-hydrogen) atoms. The number of aryl methyl sites for hydroxylation is 1. The number of rotatable bonds is 4. The van der Waals surface area contributed by atoms with E-state index in [0.717, 1.165) is 37.7 Å². The Kier molecular flexibility index (Phi) is 4.37. The van der Waals surface area contributed by atoms with Gasteiger partial charge >= 0.3 is 5.97 Å². The minimum Gasteiger partial charge on any atom is -0.460 e. The lowest BCUT2D eigenvalue weighted by atomic mass is 10.0. The Morgan fingerprint density at radius 1 is 1.39 bits per heavy atom. The summed E-state index contributed by atoms with van der Waals surface area (Å²) in [6.07, 6.45) is 3.72. The molecule has 1 unspecified atom stereocenters. The fourth-order valence-electron chi connectivity index (χ4n) is 2.48. The summed E-state index contributed by atoms with van der Waals surface area (Å²) >= 11 is 0. The van der Waals surface area contributed by atoms with E-state index in [9.17, 15) is 9.90 Å². The molecular formula is C15H20O3. The van der Waals surface area contributed by atoms with Crippen LogP contribution in [0.2, 0.25) is 0 Å². The topological polar surface area (TPSA) is 46.5 Å². The minimum absolute atomic E-state index is 0.000869. The highest BCUT2D eigenvalue weighted by molar-refractivity contribution is 5.77. The molecule has 0 heterocycles. The third-order valence-electron chi connectivity index (χ3n) is 3.54. The van der Waals surface area contributed by atoms with Crippen LogP contribution in [0.4, 0.5) is 0 Å². The van der Waals surface area contributed by atoms with Gasteiger partial charge in [0, 0.05) is 0 Å². The summed E-state index contributed by atoms with van der Waals surface area (Å²) in [6.45, 7) is 2.01. The maximum atomic E-state index is 11.9. The van der Waals surface area contributed by atoms with E-state index in [0.29, 0.717) is 5.56 Å². The van der Waals surface area contributed by atoms with Gasteiger partial charge in [0.15, 0.2) is 6.10 Å². The van der Waals surface area contributed by atoms with Crippen LogP contribution in [-0.2, 0) is 16.0 Å². The second-order valence-corrected chi connectivity index (χ2v) is 4.80. The van der Waals surface area contributed by atoms with Crippen molar-refractivity contribution in [1.82, 2.24) is 0 Å². The normalized spacial score (nSPS) is 17.7. The number of carbonyl (C=O) groups is 1. The van der Waals surface area contributed by atoms with E-state index in [1.165, 1.54) is 0 Å². The molecule has 0 aromatic heterocycles. The molecular weight excluding hydrogens is 228 g/mol. The van der Waals surface area contributed by atoms with Crippen LogP contribution in [0.15, 0.2) is 24.3 Å². The van der Waals surface area contributed by atoms with Gasteiger partial charge in [0.2, 0.25) is 0 Å². The summed E-state index contributed by atoms with van der Waals surface area (Å²) in [5, 5.41) is 10.1. The van der Waals surface area contributed by atoms with Crippen LogP contribution in [0.3, 0.4) is 0 Å². The second kappa shape index (κ2) is 6.01. The van der Waals surface area contributed by atoms with Crippen LogP contribution >= 0.6 is 0 Å². The van der Waals surface area contributed by atoms with Crippen molar-refractivity contribution in [3.05, 3.63) is 35.4 Å².